The summed E-state index contributed by atoms with van der Waals surface area (Å²) in [6.45, 7) is 0. The second-order valence-corrected chi connectivity index (χ2v) is 3.19. The maximum atomic E-state index is 5.56. The summed E-state index contributed by atoms with van der Waals surface area (Å²) in [6.07, 6.45) is 5.91. The lowest BCUT2D eigenvalue weighted by Crippen LogP contribution is -1.72. The van der Waals surface area contributed by atoms with E-state index in [9.17, 15) is 0 Å². The molecule has 1 aromatic carbocycles. The highest BCUT2D eigenvalue weighted by molar-refractivity contribution is 6.19. The van der Waals surface area contributed by atoms with Crippen LogP contribution in [0.25, 0.3) is 17.0 Å². The molecule has 0 fully saturated rings. The number of aromatic amines is 1. The van der Waals surface area contributed by atoms with E-state index in [1.54, 1.807) is 0 Å². The molecule has 2 heteroatoms. The van der Waals surface area contributed by atoms with Gasteiger partial charge in [-0.15, -0.1) is 11.6 Å². The Hall–Kier alpha value is -1.21. The summed E-state index contributed by atoms with van der Waals surface area (Å²) in [6, 6.07) is 8.34. The molecule has 0 radical (unpaired) electrons. The largest absolute Gasteiger partial charge is 0.361 e. The number of nitrogens with one attached hydrogen (secondary N) is 1. The number of fused-ring (bicyclic) bond motifs is 1. The number of benzene rings is 1. The fourth-order valence-electron chi connectivity index (χ4n) is 1.36. The van der Waals surface area contributed by atoms with Gasteiger partial charge >= 0.3 is 0 Å². The van der Waals surface area contributed by atoms with Crippen LogP contribution in [0.15, 0.2) is 36.5 Å². The Labute approximate surface area is 82.0 Å². The van der Waals surface area contributed by atoms with Crippen molar-refractivity contribution in [2.75, 3.05) is 5.88 Å². The van der Waals surface area contributed by atoms with Crippen LogP contribution in [0.2, 0.25) is 0 Å². The van der Waals surface area contributed by atoms with Crippen molar-refractivity contribution < 1.29 is 0 Å². The lowest BCUT2D eigenvalue weighted by atomic mass is 10.1. The lowest BCUT2D eigenvalue weighted by molar-refractivity contribution is 1.48. The summed E-state index contributed by atoms with van der Waals surface area (Å²) < 4.78 is 0. The number of H-pyrrole nitrogens is 1. The zero-order valence-corrected chi connectivity index (χ0v) is 7.88. The second kappa shape index (κ2) is 3.67. The van der Waals surface area contributed by atoms with Crippen molar-refractivity contribution in [3.63, 3.8) is 0 Å². The van der Waals surface area contributed by atoms with Crippen molar-refractivity contribution in [1.29, 1.82) is 0 Å². The minimum Gasteiger partial charge on any atom is -0.361 e. The number of halogens is 1. The Morgan fingerprint density at radius 2 is 2.23 bits per heavy atom. The maximum Gasteiger partial charge on any atom is 0.0454 e. The predicted octanol–water partition coefficient (Wildman–Crippen LogP) is 3.42. The van der Waals surface area contributed by atoms with Crippen molar-refractivity contribution in [2.45, 2.75) is 0 Å². The van der Waals surface area contributed by atoms with E-state index in [-0.39, 0.29) is 0 Å². The molecular weight excluding hydrogens is 182 g/mol. The number of aromatic nitrogens is 1. The average molecular weight is 192 g/mol. The van der Waals surface area contributed by atoms with Crippen molar-refractivity contribution in [2.24, 2.45) is 0 Å². The van der Waals surface area contributed by atoms with Gasteiger partial charge in [0.05, 0.1) is 0 Å². The van der Waals surface area contributed by atoms with Gasteiger partial charge in [0.2, 0.25) is 0 Å². The van der Waals surface area contributed by atoms with Crippen molar-refractivity contribution in [3.05, 3.63) is 42.1 Å². The quantitative estimate of drug-likeness (QED) is 0.701. The fraction of sp³-hybridized carbons (Fsp3) is 0.0909. The highest BCUT2D eigenvalue weighted by atomic mass is 35.5. The third kappa shape index (κ3) is 1.76. The molecule has 0 atom stereocenters. The smallest absolute Gasteiger partial charge is 0.0454 e. The van der Waals surface area contributed by atoms with Gasteiger partial charge < -0.3 is 4.98 Å². The number of rotatable bonds is 2. The summed E-state index contributed by atoms with van der Waals surface area (Å²) in [5.41, 5.74) is 2.36. The van der Waals surface area contributed by atoms with E-state index < -0.39 is 0 Å². The molecule has 0 aliphatic rings. The molecule has 13 heavy (non-hydrogen) atoms. The van der Waals surface area contributed by atoms with E-state index in [0.29, 0.717) is 5.88 Å². The van der Waals surface area contributed by atoms with Crippen LogP contribution >= 0.6 is 11.6 Å². The third-order valence-corrected chi connectivity index (χ3v) is 2.15. The molecule has 0 unspecified atom stereocenters. The van der Waals surface area contributed by atoms with E-state index in [4.69, 9.17) is 11.6 Å². The van der Waals surface area contributed by atoms with E-state index >= 15 is 0 Å². The van der Waals surface area contributed by atoms with Gasteiger partial charge in [-0.1, -0.05) is 18.2 Å². The highest BCUT2D eigenvalue weighted by Crippen LogP contribution is 2.15. The zero-order chi connectivity index (χ0) is 9.10. The van der Waals surface area contributed by atoms with E-state index in [0.717, 1.165) is 0 Å². The summed E-state index contributed by atoms with van der Waals surface area (Å²) in [7, 11) is 0. The SMILES string of the molecule is ClCC=Cc1ccc2[nH]ccc2c1. The minimum atomic E-state index is 0.561. The molecule has 1 heterocycles. The van der Waals surface area contributed by atoms with Gasteiger partial charge in [-0.25, -0.2) is 0 Å². The number of allylic oxidation sites excluding steroid dienone is 1. The number of hydrogen-bond donors (Lipinski definition) is 1. The molecule has 0 aliphatic carbocycles. The highest BCUT2D eigenvalue weighted by Gasteiger charge is 1.93. The second-order valence-electron chi connectivity index (χ2n) is 2.88. The van der Waals surface area contributed by atoms with Gasteiger partial charge in [-0.3, -0.25) is 0 Å². The third-order valence-electron chi connectivity index (χ3n) is 1.98. The number of hydrogen-bond acceptors (Lipinski definition) is 0. The van der Waals surface area contributed by atoms with Gasteiger partial charge in [0.15, 0.2) is 0 Å². The fourth-order valence-corrected chi connectivity index (χ4v) is 1.45. The molecule has 1 aromatic heterocycles. The van der Waals surface area contributed by atoms with E-state index in [2.05, 4.69) is 29.2 Å². The topological polar surface area (TPSA) is 15.8 Å². The molecule has 0 bridgehead atoms. The predicted molar refractivity (Wildman–Crippen MR) is 58.1 cm³/mol. The summed E-state index contributed by atoms with van der Waals surface area (Å²) in [4.78, 5) is 3.15. The summed E-state index contributed by atoms with van der Waals surface area (Å²) >= 11 is 5.56. The number of alkyl halides is 1. The molecule has 0 aliphatic heterocycles. The Balaban J connectivity index is 2.42. The summed E-state index contributed by atoms with van der Waals surface area (Å²) in [5.74, 6) is 0.561. The first-order valence-electron chi connectivity index (χ1n) is 4.20. The van der Waals surface area contributed by atoms with Crippen molar-refractivity contribution in [1.82, 2.24) is 4.98 Å². The Bertz CT molecular complexity index is 428. The average Bonchev–Trinajstić information content (AvgIpc) is 2.61. The van der Waals surface area contributed by atoms with Crippen LogP contribution in [-0.4, -0.2) is 10.9 Å². The van der Waals surface area contributed by atoms with Crippen LogP contribution in [0.1, 0.15) is 5.56 Å². The van der Waals surface area contributed by atoms with Crippen molar-refractivity contribution >= 4 is 28.6 Å². The zero-order valence-electron chi connectivity index (χ0n) is 7.13. The summed E-state index contributed by atoms with van der Waals surface area (Å²) in [5, 5.41) is 1.23. The van der Waals surface area contributed by atoms with Crippen LogP contribution in [0.3, 0.4) is 0 Å². The van der Waals surface area contributed by atoms with Gasteiger partial charge in [0.25, 0.3) is 0 Å². The molecule has 2 rings (SSSR count). The molecule has 0 saturated heterocycles. The van der Waals surface area contributed by atoms with Crippen LogP contribution in [0.5, 0.6) is 0 Å². The maximum absolute atomic E-state index is 5.56. The van der Waals surface area contributed by atoms with Crippen LogP contribution in [0.4, 0.5) is 0 Å². The standard InChI is InChI=1S/C11H10ClN/c12-6-1-2-9-3-4-11-10(8-9)5-7-13-11/h1-5,7-8,13H,6H2. The van der Waals surface area contributed by atoms with Gasteiger partial charge in [0, 0.05) is 17.6 Å². The monoisotopic (exact) mass is 191 g/mol. The molecule has 0 spiro atoms. The Kier molecular flexibility index (Phi) is 2.37. The van der Waals surface area contributed by atoms with Crippen LogP contribution in [0, 0.1) is 0 Å². The molecule has 2 aromatic rings. The first-order chi connectivity index (χ1) is 6.40. The van der Waals surface area contributed by atoms with Crippen LogP contribution in [-0.2, 0) is 0 Å². The van der Waals surface area contributed by atoms with Gasteiger partial charge in [-0.2, -0.15) is 0 Å². The van der Waals surface area contributed by atoms with E-state index in [1.165, 1.54) is 16.5 Å². The minimum absolute atomic E-state index is 0.561. The Morgan fingerprint density at radius 1 is 1.31 bits per heavy atom. The molecule has 0 amide bonds. The molecule has 66 valence electrons. The van der Waals surface area contributed by atoms with Crippen LogP contribution < -0.4 is 0 Å². The molecule has 1 N–H and O–H groups in total. The van der Waals surface area contributed by atoms with Crippen molar-refractivity contribution in [3.8, 4) is 0 Å². The van der Waals surface area contributed by atoms with Gasteiger partial charge in [0.1, 0.15) is 0 Å². The Morgan fingerprint density at radius 3 is 3.08 bits per heavy atom. The van der Waals surface area contributed by atoms with Gasteiger partial charge in [-0.05, 0) is 29.1 Å². The first-order valence-corrected chi connectivity index (χ1v) is 4.73. The molecule has 1 nitrogen and oxygen atoms in total. The lowest BCUT2D eigenvalue weighted by Gasteiger charge is -1.93. The molecule has 0 saturated carbocycles. The normalized spacial score (nSPS) is 11.5. The van der Waals surface area contributed by atoms with E-state index in [1.807, 2.05) is 18.3 Å². The molecular formula is C11H10ClN. The first kappa shape index (κ1) is 8.39.